The number of hydrogen-bond donors (Lipinski definition) is 0. The highest BCUT2D eigenvalue weighted by Gasteiger charge is 2.26. The van der Waals surface area contributed by atoms with Crippen molar-refractivity contribution < 1.29 is 4.79 Å². The Morgan fingerprint density at radius 3 is 2.95 bits per heavy atom. The highest BCUT2D eigenvalue weighted by atomic mass is 35.5. The average Bonchev–Trinajstić information content (AvgIpc) is 2.47. The molecule has 0 radical (unpaired) electrons. The fourth-order valence-electron chi connectivity index (χ4n) is 2.74. The second kappa shape index (κ2) is 5.25. The minimum Gasteiger partial charge on any atom is -0.308 e. The van der Waals surface area contributed by atoms with Crippen LogP contribution in [0.25, 0.3) is 0 Å². The lowest BCUT2D eigenvalue weighted by Crippen LogP contribution is -2.36. The van der Waals surface area contributed by atoms with Gasteiger partial charge in [-0.15, -0.1) is 0 Å². The first-order chi connectivity index (χ1) is 9.68. The lowest BCUT2D eigenvalue weighted by molar-refractivity contribution is 0.0984. The van der Waals surface area contributed by atoms with E-state index in [4.69, 9.17) is 11.6 Å². The van der Waals surface area contributed by atoms with Crippen molar-refractivity contribution in [1.29, 1.82) is 0 Å². The van der Waals surface area contributed by atoms with E-state index < -0.39 is 0 Å². The molecule has 1 aliphatic heterocycles. The number of amides is 1. The van der Waals surface area contributed by atoms with E-state index in [0.717, 1.165) is 30.6 Å². The SMILES string of the molecule is Cc1cccc2c1N(C(=O)c1cccnc1Cl)CCC2. The number of para-hydroxylation sites is 1. The summed E-state index contributed by atoms with van der Waals surface area (Å²) in [7, 11) is 0. The minimum atomic E-state index is -0.0710. The number of rotatable bonds is 1. The first-order valence-corrected chi connectivity index (χ1v) is 7.07. The van der Waals surface area contributed by atoms with Gasteiger partial charge in [-0.3, -0.25) is 4.79 Å². The molecular weight excluding hydrogens is 272 g/mol. The van der Waals surface area contributed by atoms with Crippen LogP contribution in [0.3, 0.4) is 0 Å². The molecule has 0 spiro atoms. The topological polar surface area (TPSA) is 33.2 Å². The molecule has 0 fully saturated rings. The number of fused-ring (bicyclic) bond motifs is 1. The molecule has 1 amide bonds. The molecule has 4 heteroatoms. The Balaban J connectivity index is 2.05. The van der Waals surface area contributed by atoms with Crippen LogP contribution >= 0.6 is 11.6 Å². The van der Waals surface area contributed by atoms with Crippen LogP contribution in [0.2, 0.25) is 5.15 Å². The predicted molar refractivity (Wildman–Crippen MR) is 80.4 cm³/mol. The van der Waals surface area contributed by atoms with Crippen LogP contribution in [-0.2, 0) is 6.42 Å². The highest BCUT2D eigenvalue weighted by Crippen LogP contribution is 2.32. The van der Waals surface area contributed by atoms with Gasteiger partial charge in [-0.1, -0.05) is 29.8 Å². The number of carbonyl (C=O) groups is 1. The number of pyridine rings is 1. The number of hydrogen-bond acceptors (Lipinski definition) is 2. The standard InChI is InChI=1S/C16H15ClN2O/c1-11-5-2-6-12-7-4-10-19(14(11)12)16(20)13-8-3-9-18-15(13)17/h2-3,5-6,8-9H,4,7,10H2,1H3. The lowest BCUT2D eigenvalue weighted by Gasteiger charge is -2.31. The molecular formula is C16H15ClN2O. The Hall–Kier alpha value is -1.87. The third-order valence-electron chi connectivity index (χ3n) is 3.65. The summed E-state index contributed by atoms with van der Waals surface area (Å²) in [5, 5.41) is 0.262. The van der Waals surface area contributed by atoms with E-state index in [1.165, 1.54) is 5.56 Å². The maximum Gasteiger partial charge on any atom is 0.261 e. The van der Waals surface area contributed by atoms with Gasteiger partial charge in [-0.05, 0) is 43.0 Å². The van der Waals surface area contributed by atoms with E-state index in [9.17, 15) is 4.79 Å². The van der Waals surface area contributed by atoms with E-state index in [1.807, 2.05) is 24.0 Å². The summed E-state index contributed by atoms with van der Waals surface area (Å²) in [4.78, 5) is 18.6. The van der Waals surface area contributed by atoms with Gasteiger partial charge >= 0.3 is 0 Å². The minimum absolute atomic E-state index is 0.0710. The number of aryl methyl sites for hydroxylation is 2. The van der Waals surface area contributed by atoms with Crippen molar-refractivity contribution in [2.24, 2.45) is 0 Å². The molecule has 2 aromatic rings. The van der Waals surface area contributed by atoms with Crippen molar-refractivity contribution in [1.82, 2.24) is 4.98 Å². The Kier molecular flexibility index (Phi) is 3.45. The molecule has 0 atom stereocenters. The fourth-order valence-corrected chi connectivity index (χ4v) is 2.94. The third kappa shape index (κ3) is 2.18. The maximum atomic E-state index is 12.7. The van der Waals surface area contributed by atoms with Gasteiger partial charge in [0.25, 0.3) is 5.91 Å². The first-order valence-electron chi connectivity index (χ1n) is 6.69. The Labute approximate surface area is 123 Å². The lowest BCUT2D eigenvalue weighted by atomic mass is 9.97. The summed E-state index contributed by atoms with van der Waals surface area (Å²) in [6.45, 7) is 2.76. The number of halogens is 1. The molecule has 0 aliphatic carbocycles. The van der Waals surface area contributed by atoms with Crippen LogP contribution in [0.4, 0.5) is 5.69 Å². The van der Waals surface area contributed by atoms with E-state index >= 15 is 0 Å². The van der Waals surface area contributed by atoms with Gasteiger partial charge in [0.15, 0.2) is 0 Å². The molecule has 0 unspecified atom stereocenters. The number of aromatic nitrogens is 1. The van der Waals surface area contributed by atoms with Gasteiger partial charge < -0.3 is 4.90 Å². The normalized spacial score (nSPS) is 14.0. The molecule has 0 bridgehead atoms. The van der Waals surface area contributed by atoms with Crippen molar-refractivity contribution in [2.45, 2.75) is 19.8 Å². The Bertz CT molecular complexity index is 669. The second-order valence-electron chi connectivity index (χ2n) is 4.98. The van der Waals surface area contributed by atoms with E-state index in [1.54, 1.807) is 18.3 Å². The summed E-state index contributed by atoms with van der Waals surface area (Å²) in [5.41, 5.74) is 3.84. The first kappa shape index (κ1) is 13.1. The van der Waals surface area contributed by atoms with Gasteiger partial charge in [-0.2, -0.15) is 0 Å². The van der Waals surface area contributed by atoms with Crippen molar-refractivity contribution in [3.8, 4) is 0 Å². The maximum absolute atomic E-state index is 12.7. The largest absolute Gasteiger partial charge is 0.308 e. The van der Waals surface area contributed by atoms with E-state index in [2.05, 4.69) is 11.1 Å². The molecule has 1 aliphatic rings. The molecule has 0 N–H and O–H groups in total. The van der Waals surface area contributed by atoms with Gasteiger partial charge in [0.2, 0.25) is 0 Å². The number of anilines is 1. The van der Waals surface area contributed by atoms with Gasteiger partial charge in [0, 0.05) is 12.7 Å². The van der Waals surface area contributed by atoms with Crippen molar-refractivity contribution in [3.05, 3.63) is 58.4 Å². The monoisotopic (exact) mass is 286 g/mol. The molecule has 2 heterocycles. The second-order valence-corrected chi connectivity index (χ2v) is 5.34. The summed E-state index contributed by atoms with van der Waals surface area (Å²) in [6.07, 6.45) is 3.58. The Morgan fingerprint density at radius 1 is 1.30 bits per heavy atom. The van der Waals surface area contributed by atoms with Crippen molar-refractivity contribution >= 4 is 23.2 Å². The van der Waals surface area contributed by atoms with Crippen molar-refractivity contribution in [2.75, 3.05) is 11.4 Å². The van der Waals surface area contributed by atoms with E-state index in [0.29, 0.717) is 5.56 Å². The van der Waals surface area contributed by atoms with E-state index in [-0.39, 0.29) is 11.1 Å². The van der Waals surface area contributed by atoms with Crippen LogP contribution in [-0.4, -0.2) is 17.4 Å². The van der Waals surface area contributed by atoms with Crippen LogP contribution < -0.4 is 4.90 Å². The third-order valence-corrected chi connectivity index (χ3v) is 3.95. The number of nitrogens with zero attached hydrogens (tertiary/aromatic N) is 2. The van der Waals surface area contributed by atoms with Crippen molar-refractivity contribution in [3.63, 3.8) is 0 Å². The average molecular weight is 287 g/mol. The molecule has 20 heavy (non-hydrogen) atoms. The Morgan fingerprint density at radius 2 is 2.15 bits per heavy atom. The molecule has 0 saturated heterocycles. The van der Waals surface area contributed by atoms with Crippen LogP contribution in [0.1, 0.15) is 27.9 Å². The molecule has 0 saturated carbocycles. The summed E-state index contributed by atoms with van der Waals surface area (Å²) in [5.74, 6) is -0.0710. The van der Waals surface area contributed by atoms with Crippen LogP contribution in [0, 0.1) is 6.92 Å². The predicted octanol–water partition coefficient (Wildman–Crippen LogP) is 3.64. The molecule has 1 aromatic heterocycles. The van der Waals surface area contributed by atoms with Crippen LogP contribution in [0.15, 0.2) is 36.5 Å². The summed E-state index contributed by atoms with van der Waals surface area (Å²) >= 11 is 6.05. The zero-order valence-corrected chi connectivity index (χ0v) is 12.0. The number of carbonyl (C=O) groups excluding carboxylic acids is 1. The number of benzene rings is 1. The molecule has 3 rings (SSSR count). The van der Waals surface area contributed by atoms with Gasteiger partial charge in [0.1, 0.15) is 5.15 Å². The zero-order chi connectivity index (χ0) is 14.1. The van der Waals surface area contributed by atoms with Crippen LogP contribution in [0.5, 0.6) is 0 Å². The smallest absolute Gasteiger partial charge is 0.261 e. The zero-order valence-electron chi connectivity index (χ0n) is 11.3. The summed E-state index contributed by atoms with van der Waals surface area (Å²) in [6, 6.07) is 9.63. The van der Waals surface area contributed by atoms with Gasteiger partial charge in [0.05, 0.1) is 11.3 Å². The fraction of sp³-hybridized carbons (Fsp3) is 0.250. The van der Waals surface area contributed by atoms with Gasteiger partial charge in [-0.25, -0.2) is 4.98 Å². The molecule has 1 aromatic carbocycles. The quantitative estimate of drug-likeness (QED) is 0.750. The highest BCUT2D eigenvalue weighted by molar-refractivity contribution is 6.33. The summed E-state index contributed by atoms with van der Waals surface area (Å²) < 4.78 is 0. The molecule has 3 nitrogen and oxygen atoms in total. The molecule has 102 valence electrons.